The molecule has 1 heterocycles. The van der Waals surface area contributed by atoms with E-state index in [0.717, 1.165) is 5.56 Å². The first kappa shape index (κ1) is 37.3. The van der Waals surface area contributed by atoms with Crippen molar-refractivity contribution in [3.05, 3.63) is 111 Å². The molecule has 0 saturated carbocycles. The first-order valence-electron chi connectivity index (χ1n) is 14.8. The van der Waals surface area contributed by atoms with E-state index in [-0.39, 0.29) is 54.4 Å². The van der Waals surface area contributed by atoms with E-state index >= 15 is 0 Å². The highest BCUT2D eigenvalue weighted by atomic mass is 19.1. The van der Waals surface area contributed by atoms with Gasteiger partial charge in [-0.1, -0.05) is 50.2 Å². The molecule has 1 aromatic heterocycles. The zero-order valence-corrected chi connectivity index (χ0v) is 26.9. The van der Waals surface area contributed by atoms with Crippen molar-refractivity contribution in [1.82, 2.24) is 20.2 Å². The monoisotopic (exact) mass is 644 g/mol. The number of nitrogens with one attached hydrogen (secondary N) is 4. The lowest BCUT2D eigenvalue weighted by Crippen LogP contribution is -2.35. The standard InChI is InChI=1S/C31H33FN8O3.C2H6.CH2O/c1-18(2)39-29-31(43)40(17-27(41)36-14-19-3-7-21(8-4-19)28(34)35)26(16-37-29)22-11-23(13-25(33)12-22)30(42)38-15-20-5-9-24(32)10-6-20;2*1-2/h3-13,16,18H,14-15,17,33H2,1-2H3,(H3,34,35)(H,36,41)(H,37,39)(H,38,42);1-2H3;1H2. The summed E-state index contributed by atoms with van der Waals surface area (Å²) in [6, 6.07) is 17.2. The number of rotatable bonds is 11. The van der Waals surface area contributed by atoms with E-state index in [2.05, 4.69) is 20.9 Å². The summed E-state index contributed by atoms with van der Waals surface area (Å²) in [4.78, 5) is 51.8. The van der Waals surface area contributed by atoms with Gasteiger partial charge in [0.15, 0.2) is 5.82 Å². The molecule has 13 heteroatoms. The summed E-state index contributed by atoms with van der Waals surface area (Å²) < 4.78 is 14.5. The van der Waals surface area contributed by atoms with Crippen LogP contribution in [0.15, 0.2) is 77.7 Å². The van der Waals surface area contributed by atoms with Gasteiger partial charge in [0.05, 0.1) is 11.9 Å². The Bertz CT molecular complexity index is 1720. The van der Waals surface area contributed by atoms with Crippen molar-refractivity contribution < 1.29 is 18.8 Å². The molecule has 4 rings (SSSR count). The van der Waals surface area contributed by atoms with E-state index in [9.17, 15) is 18.8 Å². The molecule has 12 nitrogen and oxygen atoms in total. The maximum Gasteiger partial charge on any atom is 0.294 e. The highest BCUT2D eigenvalue weighted by molar-refractivity contribution is 5.96. The molecule has 4 aromatic rings. The number of nitrogens with two attached hydrogens (primary N) is 2. The molecule has 0 bridgehead atoms. The van der Waals surface area contributed by atoms with Crippen molar-refractivity contribution in [3.63, 3.8) is 0 Å². The number of benzene rings is 3. The highest BCUT2D eigenvalue weighted by Gasteiger charge is 2.18. The molecule has 8 N–H and O–H groups in total. The van der Waals surface area contributed by atoms with Crippen LogP contribution in [-0.2, 0) is 29.2 Å². The van der Waals surface area contributed by atoms with E-state index < -0.39 is 17.4 Å². The first-order valence-corrected chi connectivity index (χ1v) is 14.8. The van der Waals surface area contributed by atoms with Crippen LogP contribution in [0, 0.1) is 11.2 Å². The van der Waals surface area contributed by atoms with Gasteiger partial charge < -0.3 is 32.2 Å². The Balaban J connectivity index is 0.00000185. The number of nitrogens with zero attached hydrogens (tertiary/aromatic N) is 2. The number of amides is 2. The van der Waals surface area contributed by atoms with Crippen molar-refractivity contribution >= 4 is 35.9 Å². The fourth-order valence-electron chi connectivity index (χ4n) is 4.27. The number of anilines is 2. The van der Waals surface area contributed by atoms with E-state index in [1.54, 1.807) is 48.5 Å². The molecule has 0 aliphatic heterocycles. The normalized spacial score (nSPS) is 10.1. The molecular formula is C34H41FN8O4. The lowest BCUT2D eigenvalue weighted by atomic mass is 10.1. The van der Waals surface area contributed by atoms with Gasteiger partial charge in [0.1, 0.15) is 25.0 Å². The third-order valence-corrected chi connectivity index (χ3v) is 6.42. The SMILES string of the molecule is C=O.CC.CC(C)Nc1ncc(-c2cc(N)cc(C(=O)NCc3ccc(F)cc3)c2)n(CC(=O)NCc2ccc(C(=N)N)cc2)c1=O. The van der Waals surface area contributed by atoms with Crippen LogP contribution in [0.4, 0.5) is 15.9 Å². The fourth-order valence-corrected chi connectivity index (χ4v) is 4.27. The third kappa shape index (κ3) is 10.9. The van der Waals surface area contributed by atoms with E-state index in [4.69, 9.17) is 21.7 Å². The summed E-state index contributed by atoms with van der Waals surface area (Å²) in [5.74, 6) is -1.20. The van der Waals surface area contributed by atoms with Gasteiger partial charge in [-0.2, -0.15) is 0 Å². The zero-order valence-electron chi connectivity index (χ0n) is 26.9. The maximum atomic E-state index is 13.5. The molecule has 0 unspecified atom stereocenters. The quantitative estimate of drug-likeness (QED) is 0.0804. The Hall–Kier alpha value is -5.85. The second kappa shape index (κ2) is 18.2. The minimum absolute atomic E-state index is 0.0546. The third-order valence-electron chi connectivity index (χ3n) is 6.42. The van der Waals surface area contributed by atoms with Crippen molar-refractivity contribution in [3.8, 4) is 11.3 Å². The Morgan fingerprint density at radius 1 is 0.936 bits per heavy atom. The lowest BCUT2D eigenvalue weighted by Gasteiger charge is -2.17. The average molecular weight is 645 g/mol. The smallest absolute Gasteiger partial charge is 0.294 e. The van der Waals surface area contributed by atoms with Gasteiger partial charge in [-0.25, -0.2) is 9.37 Å². The number of amidine groups is 1. The van der Waals surface area contributed by atoms with Crippen LogP contribution in [0.3, 0.4) is 0 Å². The molecule has 0 atom stereocenters. The molecule has 0 fully saturated rings. The minimum Gasteiger partial charge on any atom is -0.399 e. The largest absolute Gasteiger partial charge is 0.399 e. The van der Waals surface area contributed by atoms with Gasteiger partial charge in [-0.05, 0) is 55.3 Å². The van der Waals surface area contributed by atoms with Gasteiger partial charge in [0.25, 0.3) is 11.5 Å². The number of nitrogen functional groups attached to an aromatic ring is 2. The van der Waals surface area contributed by atoms with Crippen LogP contribution >= 0.6 is 0 Å². The van der Waals surface area contributed by atoms with Crippen LogP contribution in [0.5, 0.6) is 0 Å². The Morgan fingerprint density at radius 3 is 2.09 bits per heavy atom. The molecule has 0 aliphatic carbocycles. The lowest BCUT2D eigenvalue weighted by molar-refractivity contribution is -0.121. The van der Waals surface area contributed by atoms with Crippen LogP contribution in [-0.4, -0.2) is 40.0 Å². The van der Waals surface area contributed by atoms with Crippen molar-refractivity contribution in [2.24, 2.45) is 5.73 Å². The van der Waals surface area contributed by atoms with E-state index in [1.807, 2.05) is 34.5 Å². The zero-order chi connectivity index (χ0) is 35.1. The van der Waals surface area contributed by atoms with E-state index in [0.29, 0.717) is 22.4 Å². The number of hydrogen-bond acceptors (Lipinski definition) is 8. The Kier molecular flexibility index (Phi) is 14.5. The molecule has 2 amide bonds. The molecular weight excluding hydrogens is 603 g/mol. The molecule has 0 aliphatic rings. The highest BCUT2D eigenvalue weighted by Crippen LogP contribution is 2.23. The minimum atomic E-state index is -0.517. The number of halogens is 1. The summed E-state index contributed by atoms with van der Waals surface area (Å²) in [5.41, 5.74) is 14.4. The summed E-state index contributed by atoms with van der Waals surface area (Å²) in [6.07, 6.45) is 1.45. The van der Waals surface area contributed by atoms with Crippen LogP contribution in [0.25, 0.3) is 11.3 Å². The van der Waals surface area contributed by atoms with Crippen LogP contribution in [0.1, 0.15) is 54.7 Å². The predicted molar refractivity (Wildman–Crippen MR) is 182 cm³/mol. The molecule has 248 valence electrons. The molecule has 3 aromatic carbocycles. The molecule has 0 saturated heterocycles. The van der Waals surface area contributed by atoms with Gasteiger partial charge in [-0.3, -0.25) is 24.4 Å². The number of carbonyl (C=O) groups is 3. The van der Waals surface area contributed by atoms with Gasteiger partial charge in [0.2, 0.25) is 5.91 Å². The van der Waals surface area contributed by atoms with Gasteiger partial charge in [-0.15, -0.1) is 0 Å². The molecule has 0 spiro atoms. The molecule has 0 radical (unpaired) electrons. The van der Waals surface area contributed by atoms with Gasteiger partial charge in [0, 0.05) is 41.5 Å². The number of hydrogen-bond donors (Lipinski definition) is 6. The Morgan fingerprint density at radius 2 is 1.51 bits per heavy atom. The summed E-state index contributed by atoms with van der Waals surface area (Å²) in [6.45, 7) is 9.76. The molecule has 47 heavy (non-hydrogen) atoms. The van der Waals surface area contributed by atoms with Gasteiger partial charge >= 0.3 is 0 Å². The summed E-state index contributed by atoms with van der Waals surface area (Å²) in [7, 11) is 0. The van der Waals surface area contributed by atoms with Crippen LogP contribution in [0.2, 0.25) is 0 Å². The van der Waals surface area contributed by atoms with Crippen molar-refractivity contribution in [2.75, 3.05) is 11.1 Å². The second-order valence-corrected chi connectivity index (χ2v) is 10.2. The van der Waals surface area contributed by atoms with E-state index in [1.165, 1.54) is 29.0 Å². The van der Waals surface area contributed by atoms with Crippen LogP contribution < -0.4 is 33.0 Å². The number of aromatic nitrogens is 2. The first-order chi connectivity index (χ1) is 22.5. The number of carbonyl (C=O) groups excluding carboxylic acids is 3. The summed E-state index contributed by atoms with van der Waals surface area (Å²) >= 11 is 0. The predicted octanol–water partition coefficient (Wildman–Crippen LogP) is 3.82. The topological polar surface area (TPSA) is 198 Å². The fraction of sp³-hybridized carbons (Fsp3) is 0.235. The summed E-state index contributed by atoms with van der Waals surface area (Å²) in [5, 5.41) is 16.1. The van der Waals surface area contributed by atoms with Crippen molar-refractivity contribution in [1.29, 1.82) is 5.41 Å². The maximum absolute atomic E-state index is 13.5. The van der Waals surface area contributed by atoms with Crippen molar-refractivity contribution in [2.45, 2.75) is 53.4 Å². The Labute approximate surface area is 272 Å². The average Bonchev–Trinajstić information content (AvgIpc) is 3.06. The second-order valence-electron chi connectivity index (χ2n) is 10.2.